The van der Waals surface area contributed by atoms with Crippen LogP contribution < -0.4 is 5.32 Å². The first-order chi connectivity index (χ1) is 13.4. The summed E-state index contributed by atoms with van der Waals surface area (Å²) in [5, 5.41) is 3.77. The van der Waals surface area contributed by atoms with Gasteiger partial charge < -0.3 is 5.32 Å². The molecule has 0 saturated carbocycles. The van der Waals surface area contributed by atoms with Gasteiger partial charge in [-0.3, -0.25) is 4.79 Å². The lowest BCUT2D eigenvalue weighted by atomic mass is 10.1. The Bertz CT molecular complexity index is 912. The fourth-order valence-corrected chi connectivity index (χ4v) is 5.23. The molecule has 1 saturated heterocycles. The van der Waals surface area contributed by atoms with E-state index in [0.717, 1.165) is 24.9 Å². The number of carbonyl (C=O) groups is 1. The van der Waals surface area contributed by atoms with Crippen molar-refractivity contribution in [2.45, 2.75) is 43.5 Å². The maximum atomic E-state index is 12.8. The van der Waals surface area contributed by atoms with Crippen LogP contribution in [0.25, 0.3) is 0 Å². The zero-order chi connectivity index (χ0) is 20.1. The van der Waals surface area contributed by atoms with E-state index in [1.54, 1.807) is 52.8 Å². The Labute approximate surface area is 171 Å². The topological polar surface area (TPSA) is 66.5 Å². The molecule has 0 aromatic heterocycles. The highest BCUT2D eigenvalue weighted by Crippen LogP contribution is 2.25. The fourth-order valence-electron chi connectivity index (χ4n) is 3.41. The predicted molar refractivity (Wildman–Crippen MR) is 113 cm³/mol. The molecule has 2 aromatic carbocycles. The molecule has 1 N–H and O–H groups in total. The van der Waals surface area contributed by atoms with Crippen molar-refractivity contribution in [2.75, 3.05) is 18.4 Å². The second kappa shape index (κ2) is 9.07. The molecule has 0 amide bonds. The summed E-state index contributed by atoms with van der Waals surface area (Å²) in [5.41, 5.74) is 1.41. The van der Waals surface area contributed by atoms with Gasteiger partial charge in [-0.25, -0.2) is 8.42 Å². The Balaban J connectivity index is 1.57. The van der Waals surface area contributed by atoms with Gasteiger partial charge in [-0.15, -0.1) is 0 Å². The predicted octanol–water partition coefficient (Wildman–Crippen LogP) is 4.59. The summed E-state index contributed by atoms with van der Waals surface area (Å²) in [6, 6.07) is 13.6. The van der Waals surface area contributed by atoms with Crippen molar-refractivity contribution in [3.63, 3.8) is 0 Å². The van der Waals surface area contributed by atoms with Gasteiger partial charge in [-0.05, 0) is 68.3 Å². The van der Waals surface area contributed by atoms with Gasteiger partial charge in [0.1, 0.15) is 0 Å². The van der Waals surface area contributed by atoms with Crippen LogP contribution in [-0.4, -0.2) is 37.6 Å². The molecular weight excluding hydrogens is 396 g/mol. The first kappa shape index (κ1) is 20.8. The van der Waals surface area contributed by atoms with Gasteiger partial charge in [0.05, 0.1) is 4.90 Å². The number of hydrogen-bond acceptors (Lipinski definition) is 4. The molecule has 0 spiro atoms. The van der Waals surface area contributed by atoms with Crippen LogP contribution >= 0.6 is 11.6 Å². The van der Waals surface area contributed by atoms with Gasteiger partial charge in [0.2, 0.25) is 10.0 Å². The number of rotatable bonds is 7. The second-order valence-electron chi connectivity index (χ2n) is 7.09. The van der Waals surface area contributed by atoms with Crippen LogP contribution in [0.5, 0.6) is 0 Å². The Hall–Kier alpha value is -1.89. The maximum absolute atomic E-state index is 12.8. The van der Waals surface area contributed by atoms with Crippen LogP contribution in [0, 0.1) is 0 Å². The average Bonchev–Trinajstić information content (AvgIpc) is 2.69. The molecule has 1 atom stereocenters. The monoisotopic (exact) mass is 420 g/mol. The summed E-state index contributed by atoms with van der Waals surface area (Å²) in [5.74, 6) is 0.0300. The molecular formula is C21H25ClN2O3S. The van der Waals surface area contributed by atoms with Gasteiger partial charge in [0.25, 0.3) is 0 Å². The van der Waals surface area contributed by atoms with E-state index in [-0.39, 0.29) is 11.8 Å². The number of anilines is 1. The van der Waals surface area contributed by atoms with E-state index in [9.17, 15) is 13.2 Å². The molecule has 1 aliphatic rings. The summed E-state index contributed by atoms with van der Waals surface area (Å²) >= 11 is 5.83. The van der Waals surface area contributed by atoms with Crippen molar-refractivity contribution in [3.05, 3.63) is 59.1 Å². The first-order valence-electron chi connectivity index (χ1n) is 9.52. The van der Waals surface area contributed by atoms with E-state index in [0.29, 0.717) is 35.0 Å². The van der Waals surface area contributed by atoms with Crippen molar-refractivity contribution in [1.82, 2.24) is 4.31 Å². The van der Waals surface area contributed by atoms with Gasteiger partial charge >= 0.3 is 0 Å². The molecule has 3 rings (SSSR count). The summed E-state index contributed by atoms with van der Waals surface area (Å²) in [6.07, 6.45) is 3.23. The number of sulfonamides is 1. The zero-order valence-corrected chi connectivity index (χ0v) is 17.5. The Morgan fingerprint density at radius 3 is 2.43 bits per heavy atom. The number of piperidine rings is 1. The number of ketones is 1. The Morgan fingerprint density at radius 1 is 1.11 bits per heavy atom. The van der Waals surface area contributed by atoms with Crippen LogP contribution in [0.4, 0.5) is 5.69 Å². The number of benzene rings is 2. The van der Waals surface area contributed by atoms with Gasteiger partial charge in [-0.2, -0.15) is 4.31 Å². The molecule has 1 heterocycles. The summed E-state index contributed by atoms with van der Waals surface area (Å²) in [7, 11) is -3.46. The molecule has 0 radical (unpaired) electrons. The number of Topliss-reactive ketones (excluding diaryl/α,β-unsaturated/α-hetero) is 1. The van der Waals surface area contributed by atoms with Crippen LogP contribution in [0.3, 0.4) is 0 Å². The van der Waals surface area contributed by atoms with Crippen molar-refractivity contribution in [3.8, 4) is 0 Å². The van der Waals surface area contributed by atoms with Crippen LogP contribution in [0.1, 0.15) is 43.0 Å². The lowest BCUT2D eigenvalue weighted by Crippen LogP contribution is -2.41. The third-order valence-electron chi connectivity index (χ3n) is 5.05. The third kappa shape index (κ3) is 4.93. The third-order valence-corrected chi connectivity index (χ3v) is 7.33. The highest BCUT2D eigenvalue weighted by atomic mass is 35.5. The number of halogens is 1. The van der Waals surface area contributed by atoms with Crippen LogP contribution in [0.2, 0.25) is 5.02 Å². The molecule has 2 aromatic rings. The number of carbonyl (C=O) groups excluding carboxylic acids is 1. The SMILES string of the molecule is C[C@H]1CCCCN1S(=O)(=O)c1ccc(NCCC(=O)c2ccc(Cl)cc2)cc1. The van der Waals surface area contributed by atoms with Crippen molar-refractivity contribution >= 4 is 33.1 Å². The standard InChI is InChI=1S/C21H25ClN2O3S/c1-16-4-2-3-15-24(16)28(26,27)20-11-9-19(10-12-20)23-14-13-21(25)17-5-7-18(22)8-6-17/h5-12,16,23H,2-4,13-15H2,1H3/t16-/m0/s1. The highest BCUT2D eigenvalue weighted by molar-refractivity contribution is 7.89. The average molecular weight is 421 g/mol. The number of nitrogens with one attached hydrogen (secondary N) is 1. The normalized spacial score (nSPS) is 18.0. The molecule has 1 aliphatic heterocycles. The minimum atomic E-state index is -3.46. The first-order valence-corrected chi connectivity index (χ1v) is 11.3. The molecule has 150 valence electrons. The Morgan fingerprint density at radius 2 is 1.79 bits per heavy atom. The summed E-state index contributed by atoms with van der Waals surface area (Å²) < 4.78 is 27.3. The van der Waals surface area contributed by atoms with E-state index < -0.39 is 10.0 Å². The molecule has 0 bridgehead atoms. The smallest absolute Gasteiger partial charge is 0.243 e. The van der Waals surface area contributed by atoms with Crippen LogP contribution in [0.15, 0.2) is 53.4 Å². The van der Waals surface area contributed by atoms with Gasteiger partial charge in [0, 0.05) is 41.8 Å². The van der Waals surface area contributed by atoms with E-state index >= 15 is 0 Å². The van der Waals surface area contributed by atoms with Crippen LogP contribution in [-0.2, 0) is 10.0 Å². The number of hydrogen-bond donors (Lipinski definition) is 1. The fraction of sp³-hybridized carbons (Fsp3) is 0.381. The summed E-state index contributed by atoms with van der Waals surface area (Å²) in [6.45, 7) is 3.01. The van der Waals surface area contributed by atoms with Crippen molar-refractivity contribution < 1.29 is 13.2 Å². The molecule has 0 aliphatic carbocycles. The van der Waals surface area contributed by atoms with E-state index in [1.165, 1.54) is 0 Å². The van der Waals surface area contributed by atoms with Gasteiger partial charge in [0.15, 0.2) is 5.78 Å². The molecule has 5 nitrogen and oxygen atoms in total. The maximum Gasteiger partial charge on any atom is 0.243 e. The second-order valence-corrected chi connectivity index (χ2v) is 9.42. The summed E-state index contributed by atoms with van der Waals surface area (Å²) in [4.78, 5) is 12.5. The zero-order valence-electron chi connectivity index (χ0n) is 15.9. The van der Waals surface area contributed by atoms with Gasteiger partial charge in [-0.1, -0.05) is 18.0 Å². The quantitative estimate of drug-likeness (QED) is 0.665. The minimum Gasteiger partial charge on any atom is -0.385 e. The molecule has 1 fully saturated rings. The Kier molecular flexibility index (Phi) is 6.75. The minimum absolute atomic E-state index is 0.0300. The number of nitrogens with zero attached hydrogens (tertiary/aromatic N) is 1. The van der Waals surface area contributed by atoms with E-state index in [4.69, 9.17) is 11.6 Å². The van der Waals surface area contributed by atoms with Crippen molar-refractivity contribution in [1.29, 1.82) is 0 Å². The molecule has 7 heteroatoms. The molecule has 0 unspecified atom stereocenters. The lowest BCUT2D eigenvalue weighted by molar-refractivity contribution is 0.0986. The molecule has 28 heavy (non-hydrogen) atoms. The van der Waals surface area contributed by atoms with E-state index in [1.807, 2.05) is 6.92 Å². The van der Waals surface area contributed by atoms with Crippen molar-refractivity contribution in [2.24, 2.45) is 0 Å². The lowest BCUT2D eigenvalue weighted by Gasteiger charge is -2.32. The van der Waals surface area contributed by atoms with E-state index in [2.05, 4.69) is 5.32 Å². The highest BCUT2D eigenvalue weighted by Gasteiger charge is 2.30. The largest absolute Gasteiger partial charge is 0.385 e.